The fourth-order valence-electron chi connectivity index (χ4n) is 2.91. The number of allylic oxidation sites excluding steroid dienone is 1. The topological polar surface area (TPSA) is 46.6 Å². The summed E-state index contributed by atoms with van der Waals surface area (Å²) in [5.41, 5.74) is 2.18. The largest absolute Gasteiger partial charge is 0.463 e. The molecule has 0 N–H and O–H groups in total. The van der Waals surface area contributed by atoms with E-state index in [-0.39, 0.29) is 17.8 Å². The predicted molar refractivity (Wildman–Crippen MR) is 100 cm³/mol. The molecule has 1 amide bonds. The van der Waals surface area contributed by atoms with E-state index in [4.69, 9.17) is 4.74 Å². The van der Waals surface area contributed by atoms with E-state index in [1.807, 2.05) is 54.6 Å². The Labute approximate surface area is 153 Å². The quantitative estimate of drug-likeness (QED) is 0.769. The summed E-state index contributed by atoms with van der Waals surface area (Å²) < 4.78 is 5.20. The Balaban J connectivity index is 1.85. The second kappa shape index (κ2) is 8.30. The van der Waals surface area contributed by atoms with Crippen LogP contribution in [0.2, 0.25) is 0 Å². The van der Waals surface area contributed by atoms with Crippen molar-refractivity contribution in [3.8, 4) is 0 Å². The summed E-state index contributed by atoms with van der Waals surface area (Å²) in [5, 5.41) is 0. The van der Waals surface area contributed by atoms with Gasteiger partial charge in [0, 0.05) is 23.9 Å². The molecular weight excluding hydrogens is 326 g/mol. The van der Waals surface area contributed by atoms with Crippen molar-refractivity contribution in [1.29, 1.82) is 0 Å². The van der Waals surface area contributed by atoms with E-state index >= 15 is 0 Å². The van der Waals surface area contributed by atoms with Crippen LogP contribution in [0.4, 0.5) is 0 Å². The summed E-state index contributed by atoms with van der Waals surface area (Å²) in [5.74, 6) is -0.693. The normalized spacial score (nSPS) is 16.1. The minimum atomic E-state index is -0.386. The lowest BCUT2D eigenvalue weighted by Gasteiger charge is -2.25. The molecule has 0 spiro atoms. The van der Waals surface area contributed by atoms with Gasteiger partial charge >= 0.3 is 5.97 Å². The average Bonchev–Trinajstić information content (AvgIpc) is 2.69. The second-order valence-corrected chi connectivity index (χ2v) is 6.02. The van der Waals surface area contributed by atoms with E-state index < -0.39 is 0 Å². The van der Waals surface area contributed by atoms with Gasteiger partial charge in [0.15, 0.2) is 0 Å². The van der Waals surface area contributed by atoms with Crippen molar-refractivity contribution >= 4 is 11.9 Å². The SMILES string of the molecule is CCOC(=O)C1=CN(C(=O)c2ccccc2)C=CC1Cc1ccccc1. The molecule has 0 saturated heterocycles. The molecule has 132 valence electrons. The van der Waals surface area contributed by atoms with Crippen molar-refractivity contribution in [3.05, 3.63) is 95.8 Å². The first-order chi connectivity index (χ1) is 12.7. The molecule has 1 aliphatic heterocycles. The Morgan fingerprint density at radius 3 is 2.31 bits per heavy atom. The van der Waals surface area contributed by atoms with Crippen LogP contribution in [0.1, 0.15) is 22.8 Å². The molecule has 2 aromatic rings. The number of carbonyl (C=O) groups is 2. The third-order valence-corrected chi connectivity index (χ3v) is 4.22. The Morgan fingerprint density at radius 2 is 1.65 bits per heavy atom. The summed E-state index contributed by atoms with van der Waals surface area (Å²) in [6.07, 6.45) is 5.89. The van der Waals surface area contributed by atoms with Crippen LogP contribution in [-0.2, 0) is 16.0 Å². The van der Waals surface area contributed by atoms with Gasteiger partial charge in [-0.3, -0.25) is 9.69 Å². The number of hydrogen-bond acceptors (Lipinski definition) is 3. The molecule has 4 nitrogen and oxygen atoms in total. The lowest BCUT2D eigenvalue weighted by molar-refractivity contribution is -0.139. The van der Waals surface area contributed by atoms with E-state index in [2.05, 4.69) is 0 Å². The van der Waals surface area contributed by atoms with E-state index in [0.29, 0.717) is 24.2 Å². The molecule has 0 aliphatic carbocycles. The number of esters is 1. The third-order valence-electron chi connectivity index (χ3n) is 4.22. The van der Waals surface area contributed by atoms with Gasteiger partial charge in [0.1, 0.15) is 0 Å². The summed E-state index contributed by atoms with van der Waals surface area (Å²) in [6, 6.07) is 19.0. The molecule has 0 fully saturated rings. The highest BCUT2D eigenvalue weighted by Crippen LogP contribution is 2.25. The van der Waals surface area contributed by atoms with Gasteiger partial charge in [-0.1, -0.05) is 54.6 Å². The zero-order chi connectivity index (χ0) is 18.4. The summed E-state index contributed by atoms with van der Waals surface area (Å²) in [7, 11) is 0. The molecule has 0 radical (unpaired) electrons. The van der Waals surface area contributed by atoms with Crippen LogP contribution >= 0.6 is 0 Å². The highest BCUT2D eigenvalue weighted by molar-refractivity contribution is 5.97. The van der Waals surface area contributed by atoms with Gasteiger partial charge in [0.05, 0.1) is 12.2 Å². The number of amides is 1. The van der Waals surface area contributed by atoms with Gasteiger partial charge in [0.25, 0.3) is 5.91 Å². The van der Waals surface area contributed by atoms with Crippen molar-refractivity contribution in [2.45, 2.75) is 13.3 Å². The lowest BCUT2D eigenvalue weighted by atomic mass is 9.90. The van der Waals surface area contributed by atoms with Crippen LogP contribution in [0.25, 0.3) is 0 Å². The van der Waals surface area contributed by atoms with Crippen LogP contribution in [0.3, 0.4) is 0 Å². The van der Waals surface area contributed by atoms with Gasteiger partial charge in [-0.15, -0.1) is 0 Å². The highest BCUT2D eigenvalue weighted by atomic mass is 16.5. The van der Waals surface area contributed by atoms with Crippen LogP contribution in [0, 0.1) is 5.92 Å². The number of benzene rings is 2. The summed E-state index contributed by atoms with van der Waals surface area (Å²) >= 11 is 0. The minimum absolute atomic E-state index is 0.128. The molecule has 0 saturated carbocycles. The van der Waals surface area contributed by atoms with Crippen LogP contribution < -0.4 is 0 Å². The van der Waals surface area contributed by atoms with E-state index in [1.165, 1.54) is 4.90 Å². The maximum Gasteiger partial charge on any atom is 0.336 e. The molecule has 3 rings (SSSR count). The predicted octanol–water partition coefficient (Wildman–Crippen LogP) is 3.96. The van der Waals surface area contributed by atoms with Gasteiger partial charge in [0.2, 0.25) is 0 Å². The monoisotopic (exact) mass is 347 g/mol. The third kappa shape index (κ3) is 4.09. The number of ether oxygens (including phenoxy) is 1. The molecule has 1 heterocycles. The second-order valence-electron chi connectivity index (χ2n) is 6.02. The van der Waals surface area contributed by atoms with Crippen LogP contribution in [-0.4, -0.2) is 23.4 Å². The molecule has 26 heavy (non-hydrogen) atoms. The van der Waals surface area contributed by atoms with E-state index in [9.17, 15) is 9.59 Å². The summed E-state index contributed by atoms with van der Waals surface area (Å²) in [6.45, 7) is 2.07. The van der Waals surface area contributed by atoms with Crippen molar-refractivity contribution in [3.63, 3.8) is 0 Å². The van der Waals surface area contributed by atoms with Gasteiger partial charge in [-0.05, 0) is 31.0 Å². The van der Waals surface area contributed by atoms with Crippen molar-refractivity contribution in [1.82, 2.24) is 4.90 Å². The van der Waals surface area contributed by atoms with Crippen LogP contribution in [0.5, 0.6) is 0 Å². The Kier molecular flexibility index (Phi) is 5.64. The molecule has 0 bridgehead atoms. The molecule has 0 aromatic heterocycles. The van der Waals surface area contributed by atoms with Crippen LogP contribution in [0.15, 0.2) is 84.7 Å². The number of rotatable bonds is 5. The first-order valence-electron chi connectivity index (χ1n) is 8.68. The number of carbonyl (C=O) groups excluding carboxylic acids is 2. The van der Waals surface area contributed by atoms with Gasteiger partial charge in [-0.2, -0.15) is 0 Å². The molecule has 1 aliphatic rings. The van der Waals surface area contributed by atoms with Gasteiger partial charge < -0.3 is 4.74 Å². The van der Waals surface area contributed by atoms with E-state index in [0.717, 1.165) is 5.56 Å². The van der Waals surface area contributed by atoms with E-state index in [1.54, 1.807) is 31.5 Å². The molecule has 1 unspecified atom stereocenters. The fourth-order valence-corrected chi connectivity index (χ4v) is 2.91. The van der Waals surface area contributed by atoms with Crippen molar-refractivity contribution in [2.24, 2.45) is 5.92 Å². The smallest absolute Gasteiger partial charge is 0.336 e. The molecule has 2 aromatic carbocycles. The Morgan fingerprint density at radius 1 is 1.00 bits per heavy atom. The molecule has 4 heteroatoms. The fraction of sp³-hybridized carbons (Fsp3) is 0.182. The van der Waals surface area contributed by atoms with Gasteiger partial charge in [-0.25, -0.2) is 4.79 Å². The first kappa shape index (κ1) is 17.7. The zero-order valence-corrected chi connectivity index (χ0v) is 14.7. The number of hydrogen-bond donors (Lipinski definition) is 0. The Bertz CT molecular complexity index is 825. The lowest BCUT2D eigenvalue weighted by Crippen LogP contribution is -2.28. The summed E-state index contributed by atoms with van der Waals surface area (Å²) in [4.78, 5) is 26.6. The molecular formula is C22H21NO3. The molecule has 1 atom stereocenters. The number of nitrogens with zero attached hydrogens (tertiary/aromatic N) is 1. The highest BCUT2D eigenvalue weighted by Gasteiger charge is 2.26. The minimum Gasteiger partial charge on any atom is -0.463 e. The first-order valence-corrected chi connectivity index (χ1v) is 8.68. The Hall–Kier alpha value is -3.14. The maximum absolute atomic E-state index is 12.7. The maximum atomic E-state index is 12.7. The zero-order valence-electron chi connectivity index (χ0n) is 14.7. The average molecular weight is 347 g/mol. The van der Waals surface area contributed by atoms with Crippen molar-refractivity contribution in [2.75, 3.05) is 6.61 Å². The van der Waals surface area contributed by atoms with Crippen molar-refractivity contribution < 1.29 is 14.3 Å². The standard InChI is InChI=1S/C22H21NO3/c1-2-26-22(25)20-16-23(21(24)18-11-7-4-8-12-18)14-13-19(20)15-17-9-5-3-6-10-17/h3-14,16,19H,2,15H2,1H3.